The van der Waals surface area contributed by atoms with Crippen molar-refractivity contribution in [1.29, 1.82) is 0 Å². The highest BCUT2D eigenvalue weighted by Crippen LogP contribution is 2.32. The molecule has 3 amide bonds. The maximum absolute atomic E-state index is 13.7. The quantitative estimate of drug-likeness (QED) is 0.451. The van der Waals surface area contributed by atoms with E-state index in [2.05, 4.69) is 20.5 Å². The van der Waals surface area contributed by atoms with Crippen LogP contribution >= 0.6 is 23.5 Å². The fourth-order valence-corrected chi connectivity index (χ4v) is 3.73. The van der Waals surface area contributed by atoms with Crippen molar-refractivity contribution in [1.82, 2.24) is 25.4 Å². The summed E-state index contributed by atoms with van der Waals surface area (Å²) in [5.74, 6) is -1.08. The van der Waals surface area contributed by atoms with Crippen LogP contribution in [0.3, 0.4) is 0 Å². The summed E-state index contributed by atoms with van der Waals surface area (Å²) in [6.07, 6.45) is 1.35. The SMILES string of the molecule is Nc1nc(SCC(=O)NCCN2C(=O)S/C(=C\c3ccccc3F)C2=O)n[nH]1. The second-order valence-corrected chi connectivity index (χ2v) is 7.43. The van der Waals surface area contributed by atoms with Crippen LogP contribution in [0.15, 0.2) is 34.3 Å². The molecular weight excluding hydrogens is 407 g/mol. The van der Waals surface area contributed by atoms with Crippen molar-refractivity contribution < 1.29 is 18.8 Å². The van der Waals surface area contributed by atoms with Crippen molar-refractivity contribution in [3.8, 4) is 0 Å². The van der Waals surface area contributed by atoms with Gasteiger partial charge in [0.2, 0.25) is 17.0 Å². The normalized spacial score (nSPS) is 15.5. The minimum atomic E-state index is -0.516. The third kappa shape index (κ3) is 4.89. The number of benzene rings is 1. The number of H-pyrrole nitrogens is 1. The van der Waals surface area contributed by atoms with Gasteiger partial charge in [-0.05, 0) is 23.9 Å². The molecule has 1 aromatic carbocycles. The van der Waals surface area contributed by atoms with Crippen LogP contribution in [0.5, 0.6) is 0 Å². The van der Waals surface area contributed by atoms with E-state index in [0.29, 0.717) is 5.16 Å². The largest absolute Gasteiger partial charge is 0.368 e. The average Bonchev–Trinajstić information content (AvgIpc) is 3.19. The summed E-state index contributed by atoms with van der Waals surface area (Å²) >= 11 is 1.83. The predicted octanol–water partition coefficient (Wildman–Crippen LogP) is 1.47. The summed E-state index contributed by atoms with van der Waals surface area (Å²) in [4.78, 5) is 41.2. The standard InChI is InChI=1S/C16H15FN6O3S2/c17-10-4-2-1-3-9(10)7-11-13(25)23(16(26)28-11)6-5-19-12(24)8-27-15-20-14(18)21-22-15/h1-4,7H,5-6,8H2,(H,19,24)(H3,18,20,21,22)/b11-7-. The molecule has 146 valence electrons. The molecule has 0 spiro atoms. The first-order valence-electron chi connectivity index (χ1n) is 8.01. The summed E-state index contributed by atoms with van der Waals surface area (Å²) in [6.45, 7) is 0.115. The van der Waals surface area contributed by atoms with Gasteiger partial charge >= 0.3 is 0 Å². The number of anilines is 1. The third-order valence-corrected chi connectivity index (χ3v) is 5.29. The van der Waals surface area contributed by atoms with Gasteiger partial charge in [0, 0.05) is 18.7 Å². The van der Waals surface area contributed by atoms with Gasteiger partial charge in [-0.25, -0.2) is 9.49 Å². The van der Waals surface area contributed by atoms with Gasteiger partial charge in [0.25, 0.3) is 11.1 Å². The van der Waals surface area contributed by atoms with E-state index in [1.54, 1.807) is 6.07 Å². The Hall–Kier alpha value is -2.86. The van der Waals surface area contributed by atoms with Crippen LogP contribution in [0, 0.1) is 5.82 Å². The number of nitrogens with two attached hydrogens (primary N) is 1. The van der Waals surface area contributed by atoms with Crippen molar-refractivity contribution >= 4 is 52.6 Å². The summed E-state index contributed by atoms with van der Waals surface area (Å²) in [5, 5.41) is 8.74. The Balaban J connectivity index is 1.49. The maximum Gasteiger partial charge on any atom is 0.293 e. The predicted molar refractivity (Wildman–Crippen MR) is 104 cm³/mol. The molecular formula is C16H15FN6O3S2. The van der Waals surface area contributed by atoms with E-state index < -0.39 is 17.0 Å². The molecule has 0 atom stereocenters. The summed E-state index contributed by atoms with van der Waals surface area (Å²) in [5.41, 5.74) is 5.62. The number of thioether (sulfide) groups is 2. The number of carbonyl (C=O) groups excluding carboxylic acids is 3. The number of nitrogens with zero attached hydrogens (tertiary/aromatic N) is 3. The number of amides is 3. The Morgan fingerprint density at radius 1 is 1.39 bits per heavy atom. The lowest BCUT2D eigenvalue weighted by Gasteiger charge is -2.12. The van der Waals surface area contributed by atoms with Gasteiger partial charge in [-0.15, -0.1) is 5.10 Å². The molecule has 28 heavy (non-hydrogen) atoms. The molecule has 2 aromatic rings. The summed E-state index contributed by atoms with van der Waals surface area (Å²) in [6, 6.07) is 5.97. The molecule has 1 aliphatic rings. The highest BCUT2D eigenvalue weighted by atomic mass is 32.2. The molecule has 3 rings (SSSR count). The smallest absolute Gasteiger partial charge is 0.293 e. The van der Waals surface area contributed by atoms with Crippen molar-refractivity contribution in [3.05, 3.63) is 40.6 Å². The second-order valence-electron chi connectivity index (χ2n) is 5.50. The molecule has 12 heteroatoms. The van der Waals surface area contributed by atoms with Crippen molar-refractivity contribution in [2.45, 2.75) is 5.16 Å². The lowest BCUT2D eigenvalue weighted by atomic mass is 10.2. The van der Waals surface area contributed by atoms with Gasteiger partial charge < -0.3 is 11.1 Å². The zero-order valence-corrected chi connectivity index (χ0v) is 16.0. The Morgan fingerprint density at radius 2 is 2.18 bits per heavy atom. The number of hydrogen-bond acceptors (Lipinski definition) is 8. The number of carbonyl (C=O) groups is 3. The van der Waals surface area contributed by atoms with Crippen LogP contribution in [-0.4, -0.2) is 56.0 Å². The zero-order chi connectivity index (χ0) is 20.1. The van der Waals surface area contributed by atoms with Gasteiger partial charge in [-0.2, -0.15) is 4.98 Å². The molecule has 0 unspecified atom stereocenters. The molecule has 9 nitrogen and oxygen atoms in total. The number of nitrogens with one attached hydrogen (secondary N) is 2. The second kappa shape index (κ2) is 8.89. The molecule has 0 bridgehead atoms. The molecule has 1 fully saturated rings. The van der Waals surface area contributed by atoms with E-state index in [-0.39, 0.29) is 41.2 Å². The number of hydrogen-bond donors (Lipinski definition) is 3. The summed E-state index contributed by atoms with van der Waals surface area (Å²) in [7, 11) is 0. The molecule has 4 N–H and O–H groups in total. The minimum absolute atomic E-state index is 0.0172. The van der Waals surface area contributed by atoms with Gasteiger partial charge in [-0.1, -0.05) is 30.0 Å². The first-order valence-corrected chi connectivity index (χ1v) is 9.81. The van der Waals surface area contributed by atoms with Gasteiger partial charge in [-0.3, -0.25) is 19.3 Å². The minimum Gasteiger partial charge on any atom is -0.368 e. The Labute approximate surface area is 167 Å². The monoisotopic (exact) mass is 422 g/mol. The number of rotatable bonds is 7. The highest BCUT2D eigenvalue weighted by molar-refractivity contribution is 8.18. The van der Waals surface area contributed by atoms with Crippen LogP contribution in [0.25, 0.3) is 6.08 Å². The van der Waals surface area contributed by atoms with Gasteiger partial charge in [0.05, 0.1) is 10.7 Å². The first-order chi connectivity index (χ1) is 13.4. The number of halogens is 1. The lowest BCUT2D eigenvalue weighted by molar-refractivity contribution is -0.123. The molecule has 0 saturated carbocycles. The van der Waals surface area contributed by atoms with Crippen molar-refractivity contribution in [2.75, 3.05) is 24.6 Å². The van der Waals surface area contributed by atoms with Crippen LogP contribution in [-0.2, 0) is 9.59 Å². The van der Waals surface area contributed by atoms with E-state index in [1.165, 1.54) is 24.3 Å². The maximum atomic E-state index is 13.7. The Morgan fingerprint density at radius 3 is 2.89 bits per heavy atom. The number of imide groups is 1. The Kier molecular flexibility index (Phi) is 6.31. The molecule has 1 aromatic heterocycles. The van der Waals surface area contributed by atoms with E-state index in [0.717, 1.165) is 28.4 Å². The van der Waals surface area contributed by atoms with Crippen LogP contribution in [0.2, 0.25) is 0 Å². The van der Waals surface area contributed by atoms with E-state index in [1.807, 2.05) is 0 Å². The van der Waals surface area contributed by atoms with Gasteiger partial charge in [0.1, 0.15) is 5.82 Å². The number of nitrogen functional groups attached to an aromatic ring is 1. The number of aromatic amines is 1. The Bertz CT molecular complexity index is 948. The van der Waals surface area contributed by atoms with E-state index >= 15 is 0 Å². The van der Waals surface area contributed by atoms with Crippen molar-refractivity contribution in [3.63, 3.8) is 0 Å². The molecule has 1 saturated heterocycles. The first kappa shape index (κ1) is 19.9. The highest BCUT2D eigenvalue weighted by Gasteiger charge is 2.34. The third-order valence-electron chi connectivity index (χ3n) is 3.54. The van der Waals surface area contributed by atoms with Crippen LogP contribution in [0.4, 0.5) is 15.1 Å². The molecule has 2 heterocycles. The van der Waals surface area contributed by atoms with Crippen LogP contribution in [0.1, 0.15) is 5.56 Å². The topological polar surface area (TPSA) is 134 Å². The number of aromatic nitrogens is 3. The fourth-order valence-electron chi connectivity index (χ4n) is 2.24. The van der Waals surface area contributed by atoms with Crippen molar-refractivity contribution in [2.24, 2.45) is 0 Å². The molecule has 0 aliphatic carbocycles. The van der Waals surface area contributed by atoms with E-state index in [4.69, 9.17) is 5.73 Å². The zero-order valence-electron chi connectivity index (χ0n) is 14.3. The van der Waals surface area contributed by atoms with Crippen LogP contribution < -0.4 is 11.1 Å². The fraction of sp³-hybridized carbons (Fsp3) is 0.188. The molecule has 1 aliphatic heterocycles. The van der Waals surface area contributed by atoms with E-state index in [9.17, 15) is 18.8 Å². The van der Waals surface area contributed by atoms with Gasteiger partial charge in [0.15, 0.2) is 0 Å². The summed E-state index contributed by atoms with van der Waals surface area (Å²) < 4.78 is 13.7. The lowest BCUT2D eigenvalue weighted by Crippen LogP contribution is -2.37. The molecule has 0 radical (unpaired) electrons. The average molecular weight is 422 g/mol.